The van der Waals surface area contributed by atoms with Gasteiger partial charge in [0, 0.05) is 12.6 Å². The van der Waals surface area contributed by atoms with Crippen molar-refractivity contribution in [1.82, 2.24) is 4.31 Å². The van der Waals surface area contributed by atoms with E-state index in [-0.39, 0.29) is 17.1 Å². The van der Waals surface area contributed by atoms with E-state index in [4.69, 9.17) is 0 Å². The van der Waals surface area contributed by atoms with Gasteiger partial charge in [-0.1, -0.05) is 25.0 Å². The van der Waals surface area contributed by atoms with Gasteiger partial charge in [0.05, 0.1) is 5.25 Å². The minimum Gasteiger partial charge on any atom is -0.212 e. The second-order valence-electron chi connectivity index (χ2n) is 6.19. The topological polar surface area (TPSA) is 37.4 Å². The third-order valence-electron chi connectivity index (χ3n) is 4.76. The Balaban J connectivity index is 1.74. The Morgan fingerprint density at radius 2 is 1.71 bits per heavy atom. The molecule has 2 fully saturated rings. The summed E-state index contributed by atoms with van der Waals surface area (Å²) in [6.07, 6.45) is 6.19. The van der Waals surface area contributed by atoms with E-state index in [1.165, 1.54) is 12.1 Å². The van der Waals surface area contributed by atoms with Gasteiger partial charge in [0.1, 0.15) is 5.82 Å². The molecule has 1 heterocycles. The zero-order valence-electron chi connectivity index (χ0n) is 12.2. The van der Waals surface area contributed by atoms with Gasteiger partial charge in [0.15, 0.2) is 0 Å². The van der Waals surface area contributed by atoms with Gasteiger partial charge in [-0.15, -0.1) is 0 Å². The number of benzene rings is 1. The van der Waals surface area contributed by atoms with Gasteiger partial charge in [-0.05, 0) is 49.8 Å². The van der Waals surface area contributed by atoms with Crippen LogP contribution in [0.4, 0.5) is 4.39 Å². The Kier molecular flexibility index (Phi) is 4.31. The van der Waals surface area contributed by atoms with Crippen LogP contribution in [0.25, 0.3) is 0 Å². The monoisotopic (exact) mass is 311 g/mol. The first kappa shape index (κ1) is 15.0. The van der Waals surface area contributed by atoms with Crippen molar-refractivity contribution in [3.63, 3.8) is 0 Å². The molecule has 1 aliphatic heterocycles. The van der Waals surface area contributed by atoms with E-state index < -0.39 is 10.0 Å². The Hall–Kier alpha value is -0.940. The summed E-state index contributed by atoms with van der Waals surface area (Å²) in [5.74, 6) is -0.249. The van der Waals surface area contributed by atoms with Gasteiger partial charge in [-0.2, -0.15) is 4.31 Å². The number of sulfonamides is 1. The molecule has 1 saturated carbocycles. The highest BCUT2D eigenvalue weighted by atomic mass is 32.2. The maximum Gasteiger partial charge on any atom is 0.217 e. The molecule has 21 heavy (non-hydrogen) atoms. The quantitative estimate of drug-likeness (QED) is 0.857. The molecule has 1 aromatic carbocycles. The number of hydrogen-bond donors (Lipinski definition) is 0. The first-order valence-electron chi connectivity index (χ1n) is 7.82. The summed E-state index contributed by atoms with van der Waals surface area (Å²) in [6.45, 7) is 0.644. The zero-order chi connectivity index (χ0) is 14.9. The van der Waals surface area contributed by atoms with Crippen LogP contribution in [0.1, 0.15) is 44.1 Å². The van der Waals surface area contributed by atoms with Gasteiger partial charge in [0.2, 0.25) is 10.0 Å². The smallest absolute Gasteiger partial charge is 0.212 e. The van der Waals surface area contributed by atoms with Crippen LogP contribution < -0.4 is 0 Å². The molecule has 2 aliphatic rings. The van der Waals surface area contributed by atoms with E-state index in [0.717, 1.165) is 44.1 Å². The molecule has 1 saturated heterocycles. The lowest BCUT2D eigenvalue weighted by atomic mass is 10.0. The van der Waals surface area contributed by atoms with E-state index in [1.54, 1.807) is 16.4 Å². The average molecular weight is 311 g/mol. The largest absolute Gasteiger partial charge is 0.217 e. The highest BCUT2D eigenvalue weighted by molar-refractivity contribution is 7.89. The minimum atomic E-state index is -3.16. The van der Waals surface area contributed by atoms with Crippen LogP contribution >= 0.6 is 0 Å². The molecular weight excluding hydrogens is 289 g/mol. The van der Waals surface area contributed by atoms with Crippen molar-refractivity contribution >= 4 is 10.0 Å². The molecule has 0 bridgehead atoms. The first-order chi connectivity index (χ1) is 10.1. The van der Waals surface area contributed by atoms with Gasteiger partial charge in [-0.3, -0.25) is 0 Å². The van der Waals surface area contributed by atoms with Crippen molar-refractivity contribution in [2.75, 3.05) is 6.54 Å². The Morgan fingerprint density at radius 3 is 2.38 bits per heavy atom. The van der Waals surface area contributed by atoms with Crippen molar-refractivity contribution < 1.29 is 12.8 Å². The molecule has 1 aliphatic carbocycles. The second kappa shape index (κ2) is 6.05. The fourth-order valence-electron chi connectivity index (χ4n) is 3.62. The van der Waals surface area contributed by atoms with Gasteiger partial charge < -0.3 is 0 Å². The lowest BCUT2D eigenvalue weighted by molar-refractivity contribution is 0.379. The standard InChI is InChI=1S/C16H22FNO2S/c17-14-9-7-13(8-10-14)12-15-4-3-11-18(15)21(19,20)16-5-1-2-6-16/h7-10,15-16H,1-6,11-12H2. The van der Waals surface area contributed by atoms with Crippen molar-refractivity contribution in [2.45, 2.75) is 56.2 Å². The maximum atomic E-state index is 13.0. The van der Waals surface area contributed by atoms with E-state index in [1.807, 2.05) is 0 Å². The maximum absolute atomic E-state index is 13.0. The summed E-state index contributed by atoms with van der Waals surface area (Å²) in [4.78, 5) is 0. The normalized spacial score (nSPS) is 24.7. The average Bonchev–Trinajstić information content (AvgIpc) is 3.12. The summed E-state index contributed by atoms with van der Waals surface area (Å²) in [6, 6.07) is 6.45. The summed E-state index contributed by atoms with van der Waals surface area (Å²) in [7, 11) is -3.16. The Labute approximate surface area is 126 Å². The number of rotatable bonds is 4. The van der Waals surface area contributed by atoms with E-state index in [9.17, 15) is 12.8 Å². The van der Waals surface area contributed by atoms with E-state index in [0.29, 0.717) is 13.0 Å². The number of hydrogen-bond acceptors (Lipinski definition) is 2. The molecule has 0 N–H and O–H groups in total. The molecule has 0 spiro atoms. The summed E-state index contributed by atoms with van der Waals surface area (Å²) >= 11 is 0. The predicted molar refractivity (Wildman–Crippen MR) is 81.0 cm³/mol. The molecule has 5 heteroatoms. The van der Waals surface area contributed by atoms with Crippen molar-refractivity contribution in [3.8, 4) is 0 Å². The third-order valence-corrected chi connectivity index (χ3v) is 7.21. The minimum absolute atomic E-state index is 0.0426. The molecule has 0 amide bonds. The van der Waals surface area contributed by atoms with Gasteiger partial charge >= 0.3 is 0 Å². The predicted octanol–water partition coefficient (Wildman–Crippen LogP) is 3.11. The van der Waals surface area contributed by atoms with Crippen molar-refractivity contribution in [2.24, 2.45) is 0 Å². The Morgan fingerprint density at radius 1 is 1.05 bits per heavy atom. The van der Waals surface area contributed by atoms with Gasteiger partial charge in [0.25, 0.3) is 0 Å². The van der Waals surface area contributed by atoms with E-state index >= 15 is 0 Å². The highest BCUT2D eigenvalue weighted by Crippen LogP contribution is 2.32. The van der Waals surface area contributed by atoms with Crippen molar-refractivity contribution in [3.05, 3.63) is 35.6 Å². The fourth-order valence-corrected chi connectivity index (χ4v) is 5.91. The molecule has 3 rings (SSSR count). The SMILES string of the molecule is O=S(=O)(C1CCCC1)N1CCCC1Cc1ccc(F)cc1. The molecule has 1 unspecified atom stereocenters. The van der Waals surface area contributed by atoms with Crippen molar-refractivity contribution in [1.29, 1.82) is 0 Å². The molecule has 0 aromatic heterocycles. The van der Waals surface area contributed by atoms with Crippen LogP contribution in [0, 0.1) is 5.82 Å². The lowest BCUT2D eigenvalue weighted by Gasteiger charge is -2.27. The molecule has 3 nitrogen and oxygen atoms in total. The third kappa shape index (κ3) is 3.14. The van der Waals surface area contributed by atoms with Crippen LogP contribution in [0.3, 0.4) is 0 Å². The van der Waals surface area contributed by atoms with Crippen LogP contribution in [0.2, 0.25) is 0 Å². The first-order valence-corrected chi connectivity index (χ1v) is 9.33. The van der Waals surface area contributed by atoms with Crippen LogP contribution in [0.15, 0.2) is 24.3 Å². The summed E-state index contributed by atoms with van der Waals surface area (Å²) in [5.41, 5.74) is 1.01. The molecule has 1 atom stereocenters. The number of halogens is 1. The summed E-state index contributed by atoms with van der Waals surface area (Å²) in [5, 5.41) is -0.175. The van der Waals surface area contributed by atoms with Crippen LogP contribution in [0.5, 0.6) is 0 Å². The second-order valence-corrected chi connectivity index (χ2v) is 8.35. The molecular formula is C16H22FNO2S. The zero-order valence-corrected chi connectivity index (χ0v) is 13.0. The highest BCUT2D eigenvalue weighted by Gasteiger charge is 2.40. The van der Waals surface area contributed by atoms with Gasteiger partial charge in [-0.25, -0.2) is 12.8 Å². The van der Waals surface area contributed by atoms with Crippen LogP contribution in [-0.4, -0.2) is 30.6 Å². The van der Waals surface area contributed by atoms with E-state index in [2.05, 4.69) is 0 Å². The van der Waals surface area contributed by atoms with Crippen LogP contribution in [-0.2, 0) is 16.4 Å². The molecule has 0 radical (unpaired) electrons. The molecule has 1 aromatic rings. The molecule has 116 valence electrons. The Bertz CT molecular complexity index is 579. The fraction of sp³-hybridized carbons (Fsp3) is 0.625. The number of nitrogens with zero attached hydrogens (tertiary/aromatic N) is 1. The summed E-state index contributed by atoms with van der Waals surface area (Å²) < 4.78 is 40.2. The lowest BCUT2D eigenvalue weighted by Crippen LogP contribution is -2.41.